The summed E-state index contributed by atoms with van der Waals surface area (Å²) in [7, 11) is 0. The van der Waals surface area contributed by atoms with Gasteiger partial charge in [-0.1, -0.05) is 0 Å². The molecule has 0 atom stereocenters. The van der Waals surface area contributed by atoms with Gasteiger partial charge in [0.25, 0.3) is 19.1 Å². The molecular weight excluding hydrogens is 1710 g/mol. The van der Waals surface area contributed by atoms with Crippen molar-refractivity contribution in [2.75, 3.05) is 39.6 Å². The van der Waals surface area contributed by atoms with Gasteiger partial charge in [0.15, 0.2) is 0 Å². The van der Waals surface area contributed by atoms with Crippen LogP contribution in [0.2, 0.25) is 0 Å². The molecule has 0 amide bonds. The van der Waals surface area contributed by atoms with Gasteiger partial charge in [-0.05, 0) is 0 Å². The van der Waals surface area contributed by atoms with E-state index in [1.807, 2.05) is 0 Å². The van der Waals surface area contributed by atoms with Crippen LogP contribution in [0.15, 0.2) is 24.1 Å². The van der Waals surface area contributed by atoms with Crippen LogP contribution in [-0.2, 0) is 57.1 Å². The first-order valence-corrected chi connectivity index (χ1v) is 22.8. The molecule has 2 spiro atoms. The Bertz CT molecular complexity index is 2700. The van der Waals surface area contributed by atoms with Crippen molar-refractivity contribution < 1.29 is 398 Å². The molecule has 4 rings (SSSR count). The van der Waals surface area contributed by atoms with Crippen molar-refractivity contribution in [3.63, 3.8) is 0 Å². The van der Waals surface area contributed by atoms with Gasteiger partial charge in [0.1, 0.15) is 39.6 Å². The van der Waals surface area contributed by atoms with Gasteiger partial charge in [-0.25, -0.2) is 0 Å². The van der Waals surface area contributed by atoms with Crippen LogP contribution in [0.25, 0.3) is 0 Å². The van der Waals surface area contributed by atoms with Crippen molar-refractivity contribution in [3.05, 3.63) is 24.1 Å². The van der Waals surface area contributed by atoms with Crippen LogP contribution < -0.4 is 108 Å². The zero-order valence-corrected chi connectivity index (χ0v) is 53.5. The fraction of sp³-hybridized carbons (Fsp3) is 0.865. The van der Waals surface area contributed by atoms with Gasteiger partial charge in [-0.2, -0.15) is 211 Å². The van der Waals surface area contributed by atoms with Gasteiger partial charge < -0.3 is 60.4 Å². The molecule has 67 heteroatoms. The molecule has 4 N–H and O–H groups in total. The van der Waals surface area contributed by atoms with E-state index in [-0.39, 0.29) is 111 Å². The van der Waals surface area contributed by atoms with Crippen molar-refractivity contribution in [3.8, 4) is 0 Å². The second-order valence-electron chi connectivity index (χ2n) is 18.5. The minimum Gasteiger partial charge on any atom is -1.00 e. The molecule has 0 aromatic carbocycles. The molecule has 0 aromatic heterocycles. The Morgan fingerprint density at radius 3 is 0.644 bits per heavy atom. The smallest absolute Gasteiger partial charge is 1.00 e. The maximum atomic E-state index is 14.8. The number of ether oxygens (including phenoxy) is 10. The van der Waals surface area contributed by atoms with Gasteiger partial charge >= 0.3 is 270 Å². The van der Waals surface area contributed by atoms with Crippen LogP contribution in [0.3, 0.4) is 0 Å². The summed E-state index contributed by atoms with van der Waals surface area (Å²) in [5.74, 6) is -88.2. The van der Waals surface area contributed by atoms with Crippen LogP contribution >= 0.6 is 0 Å². The number of hydrogen-bond acceptors (Lipinski definition) is 17. The zero-order chi connectivity index (χ0) is 82.2. The fourth-order valence-corrected chi connectivity index (χ4v) is 6.68. The van der Waals surface area contributed by atoms with Crippen molar-refractivity contribution in [2.45, 2.75) is 145 Å². The number of carbonyl (C=O) groups is 1. The van der Waals surface area contributed by atoms with Crippen LogP contribution in [-0.4, -0.2) is 211 Å². The summed E-state index contributed by atoms with van der Waals surface area (Å²) in [6, 6.07) is 0. The van der Waals surface area contributed by atoms with Gasteiger partial charge in [-0.3, -0.25) is 23.7 Å². The molecule has 0 aliphatic carbocycles. The molecule has 4 aliphatic rings. The minimum atomic E-state index is -7.72. The van der Waals surface area contributed by atoms with Crippen molar-refractivity contribution >= 4 is 6.47 Å². The van der Waals surface area contributed by atoms with Crippen molar-refractivity contribution in [2.24, 2.45) is 10.8 Å². The normalized spacial score (nSPS) is 24.8. The Balaban J connectivity index is -0.00000177. The molecule has 0 unspecified atom stereocenters. The monoisotopic (exact) mass is 1730 g/mol. The number of hydrogen-bond donors (Lipinski definition) is 4. The molecule has 17 nitrogen and oxygen atoms in total. The Labute approximate surface area is 619 Å². The number of halogens is 48. The third-order valence-electron chi connectivity index (χ3n) is 11.9. The van der Waals surface area contributed by atoms with Crippen LogP contribution in [0.1, 0.15) is 1.43 Å². The van der Waals surface area contributed by atoms with Crippen molar-refractivity contribution in [1.29, 1.82) is 0 Å². The molecule has 608 valence electrons. The maximum absolute atomic E-state index is 14.8. The molecular formula is C37H20F48K2O17. The predicted octanol–water partition coefficient (Wildman–Crippen LogP) is 6.01. The van der Waals surface area contributed by atoms with E-state index in [1.165, 1.54) is 0 Å². The van der Waals surface area contributed by atoms with Crippen molar-refractivity contribution in [1.82, 2.24) is 0 Å². The van der Waals surface area contributed by atoms with Gasteiger partial charge in [0, 0.05) is 0 Å². The Kier molecular flexibility index (Phi) is 31.6. The van der Waals surface area contributed by atoms with E-state index in [4.69, 9.17) is 30.5 Å². The molecule has 4 saturated heterocycles. The van der Waals surface area contributed by atoms with E-state index >= 15 is 0 Å². The summed E-state index contributed by atoms with van der Waals surface area (Å²) >= 11 is 0. The summed E-state index contributed by atoms with van der Waals surface area (Å²) in [6.45, 7) is -20.9. The molecule has 0 radical (unpaired) electrons. The third-order valence-corrected chi connectivity index (χ3v) is 11.9. The standard InChI is InChI=1S/C21H12F28O8.C9F12O4.C6H6F8O2.CH2O3.2K.H/c22-7(23,1-50)14(34,35)16(38,39)9(26,27)3-52-11(30,31)5-54-18(42,43)13(19(44,45)55-5)20(46,47)56-6(57-21(13,48)49)12(32,33)53-4-10(28,29)17(40,41)15(36,37)8(24,25)2-51;10-1(11)3-22-6(14,15)5(7(16,17)23-3)8(18,19)24-4(2(12)13)25-9(5,20)21;7-3(8,1-15)5(11,12)6(13,14)4(9,10)2-16;2-1-4-3;;;/h5-6,50-51H,1-4H2;;15-16H,1-2H2;1,3H;;;/q;;;;2*+1;-1/p-1. The largest absolute Gasteiger partial charge is 1.00 e. The molecule has 0 bridgehead atoms. The molecule has 4 fully saturated rings. The number of aliphatic hydroxyl groups excluding tert-OH is 4. The number of alkyl halides is 44. The van der Waals surface area contributed by atoms with Gasteiger partial charge in [0.05, 0.1) is 0 Å². The quantitative estimate of drug-likeness (QED) is 0.0320. The molecule has 104 heavy (non-hydrogen) atoms. The summed E-state index contributed by atoms with van der Waals surface area (Å²) in [4.78, 5) is 11.2. The van der Waals surface area contributed by atoms with E-state index in [2.05, 4.69) is 52.3 Å². The summed E-state index contributed by atoms with van der Waals surface area (Å²) < 4.78 is 672. The molecule has 4 heterocycles. The number of carbonyl (C=O) groups excluding carboxylic acids is 1. The topological polar surface area (TPSA) is 223 Å². The predicted molar refractivity (Wildman–Crippen MR) is 197 cm³/mol. The van der Waals surface area contributed by atoms with E-state index < -0.39 is 219 Å². The number of rotatable bonds is 22. The molecule has 4 aliphatic heterocycles. The Morgan fingerprint density at radius 2 is 0.500 bits per heavy atom. The fourth-order valence-electron chi connectivity index (χ4n) is 6.68. The summed E-state index contributed by atoms with van der Waals surface area (Å²) in [6.07, 6.45) is -89.0. The average Bonchev–Trinajstić information content (AvgIpc) is 0.669. The third kappa shape index (κ3) is 17.2. The first kappa shape index (κ1) is 104. The first-order chi connectivity index (χ1) is 44.5. The van der Waals surface area contributed by atoms with Crippen LogP contribution in [0.4, 0.5) is 211 Å². The maximum Gasteiger partial charge on any atom is 1.00 e. The van der Waals surface area contributed by atoms with E-state index in [0.29, 0.717) is 0 Å². The van der Waals surface area contributed by atoms with E-state index in [0.717, 1.165) is 0 Å². The summed E-state index contributed by atoms with van der Waals surface area (Å²) in [5.41, 5.74) is -14.3. The summed E-state index contributed by atoms with van der Waals surface area (Å²) in [5, 5.41) is 40.0. The Morgan fingerprint density at radius 1 is 0.346 bits per heavy atom. The average molecular weight is 1730 g/mol. The van der Waals surface area contributed by atoms with Gasteiger partial charge in [0.2, 0.25) is 0 Å². The van der Waals surface area contributed by atoms with Gasteiger partial charge in [-0.15, -0.1) is 0 Å². The second kappa shape index (κ2) is 31.7. The minimum absolute atomic E-state index is 0. The Hall–Kier alpha value is -2.38. The molecule has 0 saturated carbocycles. The first-order valence-electron chi connectivity index (χ1n) is 22.8. The van der Waals surface area contributed by atoms with E-state index in [9.17, 15) is 211 Å². The molecule has 0 aromatic rings. The second-order valence-corrected chi connectivity index (χ2v) is 18.5. The van der Waals surface area contributed by atoms with E-state index in [1.54, 1.807) is 0 Å². The SMILES string of the molecule is FC(F)=C1OC(F)(F)C2(C(F)(F)O1)C(F)(F)OC(=C(F)F)OC2(F)F.O=CO[O-].OCC(F)(F)C(F)(F)C(F)(F)C(F)(F)CO.OCC(F)(F)C(F)(F)C(F)(F)C(F)(F)COC(F)(F)C1OC(F)(F)C2(C(F)(F)O1)C(F)(F)OC(C(F)(F)OCC(F)(F)C(F)(F)C(F)(F)C(F)(F)CO)OC2(F)F.[H-].[K+].[K+]. The van der Waals surface area contributed by atoms with Crippen LogP contribution in [0.5, 0.6) is 0 Å². The number of aliphatic hydroxyl groups is 4. The van der Waals surface area contributed by atoms with Crippen LogP contribution in [0, 0.1) is 10.8 Å². The zero-order valence-electron chi connectivity index (χ0n) is 48.2.